The van der Waals surface area contributed by atoms with E-state index in [-0.39, 0.29) is 6.04 Å². The summed E-state index contributed by atoms with van der Waals surface area (Å²) in [5.74, 6) is 0.374. The first kappa shape index (κ1) is 30.0. The Kier molecular flexibility index (Phi) is 7.63. The van der Waals surface area contributed by atoms with E-state index < -0.39 is 0 Å². The van der Waals surface area contributed by atoms with Crippen molar-refractivity contribution in [1.82, 2.24) is 0 Å². The summed E-state index contributed by atoms with van der Waals surface area (Å²) >= 11 is 0. The van der Waals surface area contributed by atoms with Gasteiger partial charge in [-0.15, -0.1) is 0 Å². The van der Waals surface area contributed by atoms with Crippen LogP contribution in [-0.4, -0.2) is 6.04 Å². The average Bonchev–Trinajstić information content (AvgIpc) is 3.56. The number of allylic oxidation sites excluding steroid dienone is 7. The third-order valence-electron chi connectivity index (χ3n) is 10.3. The van der Waals surface area contributed by atoms with Gasteiger partial charge in [0.25, 0.3) is 0 Å². The van der Waals surface area contributed by atoms with Crippen molar-refractivity contribution in [1.29, 1.82) is 0 Å². The predicted molar refractivity (Wildman–Crippen MR) is 212 cm³/mol. The molecule has 0 spiro atoms. The first-order valence-corrected chi connectivity index (χ1v) is 17.5. The van der Waals surface area contributed by atoms with Crippen molar-refractivity contribution in [2.75, 3.05) is 4.90 Å². The number of rotatable bonds is 7. The summed E-state index contributed by atoms with van der Waals surface area (Å²) in [7, 11) is 0. The van der Waals surface area contributed by atoms with Crippen LogP contribution in [0, 0.1) is 5.92 Å². The van der Waals surface area contributed by atoms with Crippen LogP contribution < -0.4 is 4.90 Å². The first-order chi connectivity index (χ1) is 24.7. The van der Waals surface area contributed by atoms with Gasteiger partial charge in [-0.3, -0.25) is 0 Å². The second kappa shape index (κ2) is 12.7. The molecule has 2 unspecified atom stereocenters. The summed E-state index contributed by atoms with van der Waals surface area (Å²) in [5, 5.41) is 4.67. The Balaban J connectivity index is 1.21. The van der Waals surface area contributed by atoms with Crippen molar-refractivity contribution in [2.45, 2.75) is 18.9 Å². The van der Waals surface area contributed by atoms with Crippen molar-refractivity contribution in [3.63, 3.8) is 0 Å². The van der Waals surface area contributed by atoms with E-state index in [1.165, 1.54) is 38.6 Å². The molecular weight excluding hydrogens is 607 g/mol. The molecular formula is C48H37NO. The van der Waals surface area contributed by atoms with Crippen molar-refractivity contribution in [3.8, 4) is 22.3 Å². The molecule has 6 aromatic carbocycles. The van der Waals surface area contributed by atoms with Gasteiger partial charge < -0.3 is 9.32 Å². The van der Waals surface area contributed by atoms with Gasteiger partial charge in [-0.25, -0.2) is 0 Å². The van der Waals surface area contributed by atoms with E-state index in [1.807, 2.05) is 6.08 Å². The van der Waals surface area contributed by atoms with Crippen LogP contribution in [0.25, 0.3) is 55.0 Å². The van der Waals surface area contributed by atoms with E-state index in [4.69, 9.17) is 4.42 Å². The molecule has 2 atom stereocenters. The van der Waals surface area contributed by atoms with Crippen molar-refractivity contribution in [2.24, 2.45) is 5.92 Å². The minimum Gasteiger partial charge on any atom is -0.456 e. The van der Waals surface area contributed by atoms with Gasteiger partial charge in [0.1, 0.15) is 11.2 Å². The van der Waals surface area contributed by atoms with Crippen LogP contribution >= 0.6 is 0 Å². The lowest BCUT2D eigenvalue weighted by Gasteiger charge is -2.36. The fourth-order valence-electron chi connectivity index (χ4n) is 7.88. The minimum absolute atomic E-state index is 0.0860. The fraction of sp³-hybridized carbons (Fsp3) is 0.0833. The molecule has 0 fully saturated rings. The zero-order valence-corrected chi connectivity index (χ0v) is 27.9. The van der Waals surface area contributed by atoms with Gasteiger partial charge in [0.05, 0.1) is 6.04 Å². The molecule has 7 aromatic rings. The monoisotopic (exact) mass is 643 g/mol. The topological polar surface area (TPSA) is 16.4 Å². The number of benzene rings is 6. The van der Waals surface area contributed by atoms with Crippen LogP contribution in [0.2, 0.25) is 0 Å². The highest BCUT2D eigenvalue weighted by Crippen LogP contribution is 2.45. The van der Waals surface area contributed by atoms with Crippen LogP contribution in [0.4, 0.5) is 11.4 Å². The fourth-order valence-corrected chi connectivity index (χ4v) is 7.88. The maximum absolute atomic E-state index is 6.52. The Bertz CT molecular complexity index is 2510. The molecule has 0 aliphatic heterocycles. The number of anilines is 2. The van der Waals surface area contributed by atoms with Crippen LogP contribution in [0.15, 0.2) is 198 Å². The van der Waals surface area contributed by atoms with Crippen LogP contribution in [0.3, 0.4) is 0 Å². The van der Waals surface area contributed by atoms with Crippen molar-refractivity contribution < 1.29 is 4.42 Å². The lowest BCUT2D eigenvalue weighted by Crippen LogP contribution is -2.31. The molecule has 50 heavy (non-hydrogen) atoms. The molecule has 240 valence electrons. The SMILES string of the molecule is C=CC1=CC(N(c2ccc(-c3ccccc3)cc2)c2ccccc2-c2cccc3oc4cc5ccccc5cc4c23)CC=C1C1C=CC=CC1. The minimum atomic E-state index is 0.0860. The Morgan fingerprint density at radius 1 is 0.660 bits per heavy atom. The second-order valence-corrected chi connectivity index (χ2v) is 13.2. The molecule has 2 aliphatic carbocycles. The molecule has 0 saturated heterocycles. The molecule has 2 nitrogen and oxygen atoms in total. The van der Waals surface area contributed by atoms with Gasteiger partial charge in [-0.05, 0) is 87.8 Å². The predicted octanol–water partition coefficient (Wildman–Crippen LogP) is 13.2. The third kappa shape index (κ3) is 5.30. The Hall–Kier alpha value is -6.12. The summed E-state index contributed by atoms with van der Waals surface area (Å²) in [6.45, 7) is 4.28. The number of fused-ring (bicyclic) bond motifs is 4. The van der Waals surface area contributed by atoms with Gasteiger partial charge in [0.2, 0.25) is 0 Å². The zero-order valence-electron chi connectivity index (χ0n) is 27.9. The van der Waals surface area contributed by atoms with Gasteiger partial charge >= 0.3 is 0 Å². The molecule has 0 amide bonds. The quantitative estimate of drug-likeness (QED) is 0.172. The highest BCUT2D eigenvalue weighted by atomic mass is 16.3. The Labute approximate surface area is 293 Å². The first-order valence-electron chi connectivity index (χ1n) is 17.5. The van der Waals surface area contributed by atoms with Crippen molar-refractivity contribution >= 4 is 44.1 Å². The van der Waals surface area contributed by atoms with E-state index in [0.717, 1.165) is 51.7 Å². The van der Waals surface area contributed by atoms with E-state index in [1.54, 1.807) is 0 Å². The van der Waals surface area contributed by atoms with Gasteiger partial charge in [-0.1, -0.05) is 146 Å². The highest BCUT2D eigenvalue weighted by molar-refractivity contribution is 6.16. The van der Waals surface area contributed by atoms with E-state index in [2.05, 4.69) is 181 Å². The van der Waals surface area contributed by atoms with Gasteiger partial charge in [0, 0.05) is 33.6 Å². The van der Waals surface area contributed by atoms with E-state index >= 15 is 0 Å². The molecule has 1 aromatic heterocycles. The standard InChI is InChI=1S/C48H37NO/c1-2-33-30-40(28-29-41(33)36-16-7-4-8-17-36)49(39-26-24-35(25-27-39)34-14-5-3-6-15-34)45-22-12-11-20-42(45)43-21-13-23-46-48(43)44-31-37-18-9-10-19-38(37)32-47(44)50-46/h2-16,18-27,29-32,36,40H,1,17,28H2. The number of hydrogen-bond acceptors (Lipinski definition) is 2. The van der Waals surface area contributed by atoms with E-state index in [9.17, 15) is 0 Å². The number of para-hydroxylation sites is 1. The third-order valence-corrected chi connectivity index (χ3v) is 10.3. The van der Waals surface area contributed by atoms with Crippen LogP contribution in [0.5, 0.6) is 0 Å². The Morgan fingerprint density at radius 3 is 2.20 bits per heavy atom. The summed E-state index contributed by atoms with van der Waals surface area (Å²) in [6.07, 6.45) is 17.7. The smallest absolute Gasteiger partial charge is 0.136 e. The maximum Gasteiger partial charge on any atom is 0.136 e. The lowest BCUT2D eigenvalue weighted by atomic mass is 9.82. The summed E-state index contributed by atoms with van der Waals surface area (Å²) < 4.78 is 6.52. The molecule has 2 heteroatoms. The van der Waals surface area contributed by atoms with Crippen LogP contribution in [0.1, 0.15) is 12.8 Å². The lowest BCUT2D eigenvalue weighted by molar-refractivity contribution is 0.669. The number of hydrogen-bond donors (Lipinski definition) is 0. The molecule has 9 rings (SSSR count). The maximum atomic E-state index is 6.52. The summed E-state index contributed by atoms with van der Waals surface area (Å²) in [6, 6.07) is 48.0. The second-order valence-electron chi connectivity index (χ2n) is 13.2. The Morgan fingerprint density at radius 2 is 1.40 bits per heavy atom. The molecule has 1 heterocycles. The zero-order chi connectivity index (χ0) is 33.4. The van der Waals surface area contributed by atoms with Crippen LogP contribution in [-0.2, 0) is 0 Å². The summed E-state index contributed by atoms with van der Waals surface area (Å²) in [4.78, 5) is 2.52. The van der Waals surface area contributed by atoms with E-state index in [0.29, 0.717) is 5.92 Å². The molecule has 0 bridgehead atoms. The summed E-state index contributed by atoms with van der Waals surface area (Å²) in [5.41, 5.74) is 11.4. The molecule has 0 saturated carbocycles. The molecule has 2 aliphatic rings. The largest absolute Gasteiger partial charge is 0.456 e. The normalized spacial score (nSPS) is 17.2. The van der Waals surface area contributed by atoms with Gasteiger partial charge in [0.15, 0.2) is 0 Å². The highest BCUT2D eigenvalue weighted by Gasteiger charge is 2.27. The average molecular weight is 644 g/mol. The molecule has 0 radical (unpaired) electrons. The number of furan rings is 1. The molecule has 0 N–H and O–H groups in total. The number of nitrogens with zero attached hydrogens (tertiary/aromatic N) is 1. The van der Waals surface area contributed by atoms with Crippen molar-refractivity contribution in [3.05, 3.63) is 194 Å². The van der Waals surface area contributed by atoms with Gasteiger partial charge in [-0.2, -0.15) is 0 Å².